The van der Waals surface area contributed by atoms with Gasteiger partial charge in [-0.05, 0) is 47.2 Å². The summed E-state index contributed by atoms with van der Waals surface area (Å²) in [6.07, 6.45) is 2.21. The van der Waals surface area contributed by atoms with Gasteiger partial charge in [-0.25, -0.2) is 0 Å². The summed E-state index contributed by atoms with van der Waals surface area (Å²) in [6.45, 7) is 3.72. The molecule has 0 bridgehead atoms. The first-order valence-corrected chi connectivity index (χ1v) is 13.4. The van der Waals surface area contributed by atoms with Crippen molar-refractivity contribution in [2.45, 2.75) is 45.3 Å². The van der Waals surface area contributed by atoms with Crippen LogP contribution >= 0.6 is 0 Å². The molecule has 0 aliphatic heterocycles. The van der Waals surface area contributed by atoms with E-state index in [0.29, 0.717) is 37.6 Å². The van der Waals surface area contributed by atoms with Gasteiger partial charge in [0.05, 0.1) is 7.11 Å². The molecule has 0 N–H and O–H groups in total. The van der Waals surface area contributed by atoms with E-state index in [0.717, 1.165) is 24.0 Å². The molecule has 0 heterocycles. The fourth-order valence-corrected chi connectivity index (χ4v) is 4.73. The topological polar surface area (TPSA) is 38.8 Å². The quantitative estimate of drug-likeness (QED) is 0.187. The van der Waals surface area contributed by atoms with Gasteiger partial charge in [-0.1, -0.05) is 104 Å². The molecular formula is C34H37NO3. The number of benzene rings is 4. The van der Waals surface area contributed by atoms with E-state index >= 15 is 0 Å². The van der Waals surface area contributed by atoms with E-state index in [9.17, 15) is 4.79 Å². The zero-order valence-electron chi connectivity index (χ0n) is 22.4. The van der Waals surface area contributed by atoms with Crippen molar-refractivity contribution in [3.05, 3.63) is 131 Å². The summed E-state index contributed by atoms with van der Waals surface area (Å²) >= 11 is 0. The Morgan fingerprint density at radius 1 is 0.763 bits per heavy atom. The van der Waals surface area contributed by atoms with Crippen LogP contribution in [0, 0.1) is 0 Å². The summed E-state index contributed by atoms with van der Waals surface area (Å²) in [7, 11) is 1.65. The summed E-state index contributed by atoms with van der Waals surface area (Å²) in [5.41, 5.74) is 4.65. The second kappa shape index (κ2) is 14.0. The Labute approximate surface area is 226 Å². The molecule has 0 saturated carbocycles. The average Bonchev–Trinajstić information content (AvgIpc) is 2.97. The van der Waals surface area contributed by atoms with E-state index in [1.54, 1.807) is 7.11 Å². The van der Waals surface area contributed by atoms with E-state index in [-0.39, 0.29) is 11.8 Å². The Morgan fingerprint density at radius 2 is 1.37 bits per heavy atom. The molecule has 4 heteroatoms. The van der Waals surface area contributed by atoms with Crippen LogP contribution in [0.15, 0.2) is 109 Å². The molecular weight excluding hydrogens is 470 g/mol. The van der Waals surface area contributed by atoms with Crippen LogP contribution in [-0.4, -0.2) is 24.5 Å². The summed E-state index contributed by atoms with van der Waals surface area (Å²) < 4.78 is 11.7. The maximum Gasteiger partial charge on any atom is 0.222 e. The SMILES string of the molecule is CCCC(=O)N(CCC(c1ccccc1)c1ccccc1)Cc1ccc(OCc2ccccc2)c(OC)c1. The molecule has 1 amide bonds. The first-order chi connectivity index (χ1) is 18.7. The lowest BCUT2D eigenvalue weighted by molar-refractivity contribution is -0.132. The fraction of sp³-hybridized carbons (Fsp3) is 0.265. The van der Waals surface area contributed by atoms with Crippen molar-refractivity contribution in [2.24, 2.45) is 0 Å². The summed E-state index contributed by atoms with van der Waals surface area (Å²) in [5, 5.41) is 0. The normalized spacial score (nSPS) is 10.8. The Morgan fingerprint density at radius 3 is 1.95 bits per heavy atom. The molecule has 4 aromatic rings. The van der Waals surface area contributed by atoms with Gasteiger partial charge in [0.2, 0.25) is 5.91 Å². The zero-order valence-corrected chi connectivity index (χ0v) is 22.4. The van der Waals surface area contributed by atoms with Gasteiger partial charge in [0.25, 0.3) is 0 Å². The number of rotatable bonds is 13. The van der Waals surface area contributed by atoms with Crippen molar-refractivity contribution < 1.29 is 14.3 Å². The minimum atomic E-state index is 0.177. The third-order valence-electron chi connectivity index (χ3n) is 6.75. The minimum Gasteiger partial charge on any atom is -0.493 e. The van der Waals surface area contributed by atoms with Crippen LogP contribution in [0.5, 0.6) is 11.5 Å². The van der Waals surface area contributed by atoms with Crippen LogP contribution in [-0.2, 0) is 17.9 Å². The molecule has 4 rings (SSSR count). The highest BCUT2D eigenvalue weighted by Crippen LogP contribution is 2.31. The van der Waals surface area contributed by atoms with Gasteiger partial charge in [-0.3, -0.25) is 4.79 Å². The van der Waals surface area contributed by atoms with Crippen LogP contribution in [0.2, 0.25) is 0 Å². The number of hydrogen-bond donors (Lipinski definition) is 0. The van der Waals surface area contributed by atoms with Gasteiger partial charge in [0.15, 0.2) is 11.5 Å². The molecule has 0 atom stereocenters. The summed E-state index contributed by atoms with van der Waals surface area (Å²) in [5.74, 6) is 1.76. The molecule has 0 unspecified atom stereocenters. The first kappa shape index (κ1) is 27.0. The van der Waals surface area contributed by atoms with Crippen LogP contribution in [0.3, 0.4) is 0 Å². The lowest BCUT2D eigenvalue weighted by Crippen LogP contribution is -2.32. The summed E-state index contributed by atoms with van der Waals surface area (Å²) in [4.78, 5) is 15.2. The molecule has 0 aromatic heterocycles. The Kier molecular flexibility index (Phi) is 9.97. The molecule has 0 fully saturated rings. The van der Waals surface area contributed by atoms with Crippen molar-refractivity contribution in [3.8, 4) is 11.5 Å². The molecule has 38 heavy (non-hydrogen) atoms. The molecule has 0 aliphatic carbocycles. The van der Waals surface area contributed by atoms with Crippen molar-refractivity contribution >= 4 is 5.91 Å². The third-order valence-corrected chi connectivity index (χ3v) is 6.75. The maximum atomic E-state index is 13.2. The Hall–Kier alpha value is -4.05. The number of carbonyl (C=O) groups is 1. The lowest BCUT2D eigenvalue weighted by Gasteiger charge is -2.26. The molecule has 196 valence electrons. The Balaban J connectivity index is 1.49. The monoisotopic (exact) mass is 507 g/mol. The van der Waals surface area contributed by atoms with E-state index < -0.39 is 0 Å². The van der Waals surface area contributed by atoms with Crippen molar-refractivity contribution in [1.29, 1.82) is 0 Å². The van der Waals surface area contributed by atoms with Gasteiger partial charge in [-0.2, -0.15) is 0 Å². The predicted octanol–water partition coefficient (Wildman–Crippen LogP) is 7.63. The molecule has 4 aromatic carbocycles. The van der Waals surface area contributed by atoms with E-state index in [4.69, 9.17) is 9.47 Å². The van der Waals surface area contributed by atoms with Gasteiger partial charge in [-0.15, -0.1) is 0 Å². The largest absolute Gasteiger partial charge is 0.493 e. The molecule has 0 saturated heterocycles. The van der Waals surface area contributed by atoms with Gasteiger partial charge >= 0.3 is 0 Å². The highest BCUT2D eigenvalue weighted by atomic mass is 16.5. The lowest BCUT2D eigenvalue weighted by atomic mass is 9.88. The van der Waals surface area contributed by atoms with Crippen LogP contribution in [0.1, 0.15) is 54.4 Å². The van der Waals surface area contributed by atoms with Gasteiger partial charge in [0, 0.05) is 25.4 Å². The van der Waals surface area contributed by atoms with Crippen molar-refractivity contribution in [3.63, 3.8) is 0 Å². The smallest absolute Gasteiger partial charge is 0.222 e. The highest BCUT2D eigenvalue weighted by molar-refractivity contribution is 5.76. The van der Waals surface area contributed by atoms with Crippen molar-refractivity contribution in [2.75, 3.05) is 13.7 Å². The Bertz CT molecular complexity index is 1220. The predicted molar refractivity (Wildman–Crippen MR) is 153 cm³/mol. The van der Waals surface area contributed by atoms with Crippen LogP contribution in [0.25, 0.3) is 0 Å². The number of nitrogens with zero attached hydrogens (tertiary/aromatic N) is 1. The van der Waals surface area contributed by atoms with E-state index in [1.165, 1.54) is 11.1 Å². The molecule has 0 spiro atoms. The number of carbonyl (C=O) groups excluding carboxylic acids is 1. The van der Waals surface area contributed by atoms with Crippen LogP contribution < -0.4 is 9.47 Å². The zero-order chi connectivity index (χ0) is 26.6. The molecule has 0 aliphatic rings. The van der Waals surface area contributed by atoms with Gasteiger partial charge in [0.1, 0.15) is 6.61 Å². The highest BCUT2D eigenvalue weighted by Gasteiger charge is 2.19. The molecule has 4 nitrogen and oxygen atoms in total. The fourth-order valence-electron chi connectivity index (χ4n) is 4.73. The second-order valence-electron chi connectivity index (χ2n) is 9.49. The number of ether oxygens (including phenoxy) is 2. The third kappa shape index (κ3) is 7.48. The van der Waals surface area contributed by atoms with Crippen molar-refractivity contribution in [1.82, 2.24) is 4.90 Å². The second-order valence-corrected chi connectivity index (χ2v) is 9.49. The van der Waals surface area contributed by atoms with Crippen LogP contribution in [0.4, 0.5) is 0 Å². The number of methoxy groups -OCH3 is 1. The maximum absolute atomic E-state index is 13.2. The first-order valence-electron chi connectivity index (χ1n) is 13.4. The van der Waals surface area contributed by atoms with Gasteiger partial charge < -0.3 is 14.4 Å². The number of hydrogen-bond acceptors (Lipinski definition) is 3. The average molecular weight is 508 g/mol. The molecule has 0 radical (unpaired) electrons. The van der Waals surface area contributed by atoms with E-state index in [2.05, 4.69) is 55.5 Å². The number of amides is 1. The van der Waals surface area contributed by atoms with E-state index in [1.807, 2.05) is 65.6 Å². The minimum absolute atomic E-state index is 0.177. The standard InChI is InChI=1S/C34H37NO3/c1-3-13-34(36)35(23-22-31(29-16-9-5-10-17-29)30-18-11-6-12-19-30)25-28-20-21-32(33(24-28)37-2)38-26-27-14-7-4-8-15-27/h4-12,14-21,24,31H,3,13,22-23,25-26H2,1-2H3. The summed E-state index contributed by atoms with van der Waals surface area (Å²) in [6, 6.07) is 37.1.